The molecule has 0 heterocycles. The maximum absolute atomic E-state index is 3.64. The summed E-state index contributed by atoms with van der Waals surface area (Å²) in [6.07, 6.45) is 0.972. The van der Waals surface area contributed by atoms with Crippen LogP contribution in [0.15, 0.2) is 91.0 Å². The highest BCUT2D eigenvalue weighted by Gasteiger charge is 2.17. The van der Waals surface area contributed by atoms with Crippen LogP contribution >= 0.6 is 0 Å². The molecule has 0 fully saturated rings. The fourth-order valence-electron chi connectivity index (χ4n) is 2.52. The number of hydrogen-bond acceptors (Lipinski definition) is 1. The Labute approximate surface area is 126 Å². The fraction of sp³-hybridized carbons (Fsp3) is 0.0526. The molecule has 0 radical (unpaired) electrons. The number of anilines is 1. The van der Waals surface area contributed by atoms with Gasteiger partial charge in [0, 0.05) is 5.69 Å². The first kappa shape index (κ1) is 13.5. The molecule has 1 nitrogen and oxygen atoms in total. The van der Waals surface area contributed by atoms with E-state index in [0.717, 1.165) is 12.0 Å². The van der Waals surface area contributed by atoms with Gasteiger partial charge in [0.25, 0.3) is 6.85 Å². The second-order valence-corrected chi connectivity index (χ2v) is 5.16. The van der Waals surface area contributed by atoms with Crippen LogP contribution in [0.2, 0.25) is 0 Å². The van der Waals surface area contributed by atoms with Gasteiger partial charge in [0.2, 0.25) is 0 Å². The van der Waals surface area contributed by atoms with E-state index < -0.39 is 0 Å². The summed E-state index contributed by atoms with van der Waals surface area (Å²) >= 11 is 0. The first-order valence-electron chi connectivity index (χ1n) is 7.32. The largest absolute Gasteiger partial charge is 0.424 e. The van der Waals surface area contributed by atoms with Gasteiger partial charge in [-0.2, -0.15) is 0 Å². The molecular formula is C19H18BN. The Morgan fingerprint density at radius 2 is 1.14 bits per heavy atom. The Morgan fingerprint density at radius 3 is 1.76 bits per heavy atom. The summed E-state index contributed by atoms with van der Waals surface area (Å²) in [7, 11) is 0. The maximum atomic E-state index is 3.64. The summed E-state index contributed by atoms with van der Waals surface area (Å²) in [6.45, 7) is 0.274. The normalized spacial score (nSPS) is 10.1. The van der Waals surface area contributed by atoms with Crippen molar-refractivity contribution in [3.8, 4) is 0 Å². The average molecular weight is 271 g/mol. The van der Waals surface area contributed by atoms with Gasteiger partial charge in [-0.25, -0.2) is 0 Å². The predicted octanol–water partition coefficient (Wildman–Crippen LogP) is 3.78. The van der Waals surface area contributed by atoms with Crippen molar-refractivity contribution in [1.29, 1.82) is 0 Å². The van der Waals surface area contributed by atoms with E-state index in [2.05, 4.69) is 90.2 Å². The monoisotopic (exact) mass is 271 g/mol. The van der Waals surface area contributed by atoms with E-state index in [0.29, 0.717) is 0 Å². The van der Waals surface area contributed by atoms with Gasteiger partial charge in [0.15, 0.2) is 0 Å². The van der Waals surface area contributed by atoms with Crippen LogP contribution in [-0.2, 0) is 6.32 Å². The Bertz CT molecular complexity index is 611. The molecule has 102 valence electrons. The van der Waals surface area contributed by atoms with Gasteiger partial charge in [-0.1, -0.05) is 89.9 Å². The first-order valence-corrected chi connectivity index (χ1v) is 7.32. The van der Waals surface area contributed by atoms with Crippen LogP contribution in [0.25, 0.3) is 0 Å². The molecule has 21 heavy (non-hydrogen) atoms. The van der Waals surface area contributed by atoms with Crippen LogP contribution in [-0.4, -0.2) is 6.85 Å². The zero-order chi connectivity index (χ0) is 14.3. The van der Waals surface area contributed by atoms with E-state index in [9.17, 15) is 0 Å². The second-order valence-electron chi connectivity index (χ2n) is 5.16. The lowest BCUT2D eigenvalue weighted by Crippen LogP contribution is -2.40. The van der Waals surface area contributed by atoms with Crippen LogP contribution in [0.5, 0.6) is 0 Å². The molecule has 0 saturated heterocycles. The minimum atomic E-state index is 0.274. The standard InChI is InChI=1S/C19H18BN/c1-4-10-17(11-5-1)16-20(18-12-6-2-7-13-18)21-19-14-8-3-9-15-19/h1-15,21H,16H2. The summed E-state index contributed by atoms with van der Waals surface area (Å²) in [5, 5.41) is 3.64. The van der Waals surface area contributed by atoms with Crippen LogP contribution in [0.4, 0.5) is 5.69 Å². The highest BCUT2D eigenvalue weighted by Crippen LogP contribution is 2.09. The molecule has 0 aliphatic heterocycles. The van der Waals surface area contributed by atoms with Crippen molar-refractivity contribution in [3.63, 3.8) is 0 Å². The van der Waals surface area contributed by atoms with Crippen molar-refractivity contribution in [3.05, 3.63) is 96.6 Å². The Hall–Kier alpha value is -2.48. The van der Waals surface area contributed by atoms with Crippen molar-refractivity contribution in [2.24, 2.45) is 0 Å². The van der Waals surface area contributed by atoms with E-state index in [1.54, 1.807) is 0 Å². The maximum Gasteiger partial charge on any atom is 0.290 e. The molecule has 1 N–H and O–H groups in total. The van der Waals surface area contributed by atoms with Gasteiger partial charge < -0.3 is 5.23 Å². The molecule has 0 spiro atoms. The summed E-state index contributed by atoms with van der Waals surface area (Å²) in [5.74, 6) is 0. The van der Waals surface area contributed by atoms with Crippen molar-refractivity contribution < 1.29 is 0 Å². The minimum absolute atomic E-state index is 0.274. The van der Waals surface area contributed by atoms with Crippen LogP contribution in [0.1, 0.15) is 5.56 Å². The molecule has 3 aromatic carbocycles. The van der Waals surface area contributed by atoms with Gasteiger partial charge in [-0.15, -0.1) is 0 Å². The third-order valence-electron chi connectivity index (χ3n) is 3.60. The molecule has 0 saturated carbocycles. The Morgan fingerprint density at radius 1 is 0.619 bits per heavy atom. The number of benzene rings is 3. The van der Waals surface area contributed by atoms with Gasteiger partial charge in [0.05, 0.1) is 0 Å². The zero-order valence-electron chi connectivity index (χ0n) is 11.9. The van der Waals surface area contributed by atoms with Crippen LogP contribution in [0.3, 0.4) is 0 Å². The summed E-state index contributed by atoms with van der Waals surface area (Å²) in [4.78, 5) is 0. The van der Waals surface area contributed by atoms with E-state index in [1.165, 1.54) is 11.0 Å². The van der Waals surface area contributed by atoms with E-state index in [1.807, 2.05) is 6.07 Å². The molecular weight excluding hydrogens is 253 g/mol. The molecule has 3 aromatic rings. The molecule has 0 aliphatic carbocycles. The number of para-hydroxylation sites is 1. The summed E-state index contributed by atoms with van der Waals surface area (Å²) in [5.41, 5.74) is 3.81. The van der Waals surface area contributed by atoms with Gasteiger partial charge in [-0.3, -0.25) is 0 Å². The summed E-state index contributed by atoms with van der Waals surface area (Å²) < 4.78 is 0. The Kier molecular flexibility index (Phi) is 4.37. The highest BCUT2D eigenvalue weighted by molar-refractivity contribution is 6.75. The van der Waals surface area contributed by atoms with Crippen molar-refractivity contribution >= 4 is 18.0 Å². The van der Waals surface area contributed by atoms with Crippen molar-refractivity contribution in [2.45, 2.75) is 6.32 Å². The van der Waals surface area contributed by atoms with Crippen LogP contribution < -0.4 is 10.7 Å². The van der Waals surface area contributed by atoms with E-state index in [4.69, 9.17) is 0 Å². The number of rotatable bonds is 5. The summed E-state index contributed by atoms with van der Waals surface area (Å²) in [6, 6.07) is 31.6. The fourth-order valence-corrected chi connectivity index (χ4v) is 2.52. The molecule has 3 rings (SSSR count). The molecule has 0 atom stereocenters. The number of hydrogen-bond donors (Lipinski definition) is 1. The van der Waals surface area contributed by atoms with Gasteiger partial charge >= 0.3 is 0 Å². The van der Waals surface area contributed by atoms with Crippen molar-refractivity contribution in [2.75, 3.05) is 5.23 Å². The SMILES string of the molecule is c1ccc(CB(Nc2ccccc2)c2ccccc2)cc1. The quantitative estimate of drug-likeness (QED) is 0.696. The molecule has 0 bridgehead atoms. The molecule has 0 unspecified atom stereocenters. The molecule has 2 heteroatoms. The second kappa shape index (κ2) is 6.80. The lowest BCUT2D eigenvalue weighted by molar-refractivity contribution is 1.36. The predicted molar refractivity (Wildman–Crippen MR) is 92.0 cm³/mol. The topological polar surface area (TPSA) is 12.0 Å². The smallest absolute Gasteiger partial charge is 0.290 e. The van der Waals surface area contributed by atoms with Gasteiger partial charge in [-0.05, 0) is 18.5 Å². The van der Waals surface area contributed by atoms with Crippen LogP contribution in [0, 0.1) is 0 Å². The Balaban J connectivity index is 1.84. The highest BCUT2D eigenvalue weighted by atomic mass is 14.8. The molecule has 0 aromatic heterocycles. The molecule has 0 aliphatic rings. The lowest BCUT2D eigenvalue weighted by Gasteiger charge is -2.17. The van der Waals surface area contributed by atoms with Gasteiger partial charge in [0.1, 0.15) is 0 Å². The number of nitrogens with one attached hydrogen (secondary N) is 1. The third-order valence-corrected chi connectivity index (χ3v) is 3.60. The first-order chi connectivity index (χ1) is 10.4. The minimum Gasteiger partial charge on any atom is -0.424 e. The van der Waals surface area contributed by atoms with E-state index >= 15 is 0 Å². The average Bonchev–Trinajstić information content (AvgIpc) is 2.57. The van der Waals surface area contributed by atoms with E-state index in [-0.39, 0.29) is 6.85 Å². The molecule has 0 amide bonds. The zero-order valence-corrected chi connectivity index (χ0v) is 11.9. The third kappa shape index (κ3) is 3.76. The lowest BCUT2D eigenvalue weighted by atomic mass is 9.52. The van der Waals surface area contributed by atoms with Crippen molar-refractivity contribution in [1.82, 2.24) is 0 Å².